The molecule has 1 aliphatic heterocycles. The zero-order valence-corrected chi connectivity index (χ0v) is 13.8. The van der Waals surface area contributed by atoms with Gasteiger partial charge in [-0.25, -0.2) is 0 Å². The van der Waals surface area contributed by atoms with Crippen LogP contribution in [-0.4, -0.2) is 31.3 Å². The summed E-state index contributed by atoms with van der Waals surface area (Å²) in [6.07, 6.45) is 4.20. The van der Waals surface area contributed by atoms with Crippen molar-refractivity contribution >= 4 is 29.3 Å². The molecule has 1 aromatic rings. The van der Waals surface area contributed by atoms with Gasteiger partial charge in [0.05, 0.1) is 0 Å². The molecule has 1 saturated heterocycles. The maximum atomic E-state index is 11.8. The predicted molar refractivity (Wildman–Crippen MR) is 90.0 cm³/mol. The Morgan fingerprint density at radius 2 is 2.19 bits per heavy atom. The molecule has 5 heteroatoms. The van der Waals surface area contributed by atoms with Crippen molar-refractivity contribution in [3.63, 3.8) is 0 Å². The number of thioether (sulfide) groups is 1. The number of hydrogen-bond acceptors (Lipinski definition) is 3. The summed E-state index contributed by atoms with van der Waals surface area (Å²) in [7, 11) is 0. The van der Waals surface area contributed by atoms with Crippen LogP contribution < -0.4 is 10.6 Å². The molecule has 1 fully saturated rings. The van der Waals surface area contributed by atoms with Crippen LogP contribution in [0.15, 0.2) is 29.2 Å². The van der Waals surface area contributed by atoms with E-state index in [0.29, 0.717) is 6.42 Å². The number of amides is 1. The van der Waals surface area contributed by atoms with Crippen molar-refractivity contribution in [2.45, 2.75) is 30.6 Å². The van der Waals surface area contributed by atoms with Crippen LogP contribution in [0, 0.1) is 5.92 Å². The van der Waals surface area contributed by atoms with Crippen LogP contribution in [0.2, 0.25) is 5.02 Å². The van der Waals surface area contributed by atoms with E-state index in [4.69, 9.17) is 11.6 Å². The van der Waals surface area contributed by atoms with Crippen LogP contribution in [0.3, 0.4) is 0 Å². The lowest BCUT2D eigenvalue weighted by molar-refractivity contribution is -0.120. The van der Waals surface area contributed by atoms with Crippen molar-refractivity contribution in [3.8, 4) is 0 Å². The number of rotatable bonds is 7. The Labute approximate surface area is 136 Å². The second-order valence-corrected chi connectivity index (χ2v) is 7.01. The minimum absolute atomic E-state index is 0.153. The van der Waals surface area contributed by atoms with Crippen molar-refractivity contribution in [1.82, 2.24) is 10.6 Å². The van der Waals surface area contributed by atoms with Gasteiger partial charge in [-0.3, -0.25) is 4.79 Å². The van der Waals surface area contributed by atoms with Crippen molar-refractivity contribution in [3.05, 3.63) is 29.3 Å². The van der Waals surface area contributed by atoms with Crippen molar-refractivity contribution in [2.75, 3.05) is 25.4 Å². The average molecular weight is 327 g/mol. The first-order valence-electron chi connectivity index (χ1n) is 7.60. The summed E-state index contributed by atoms with van der Waals surface area (Å²) in [5.41, 5.74) is 0. The molecule has 0 spiro atoms. The minimum atomic E-state index is 0.153. The highest BCUT2D eigenvalue weighted by Crippen LogP contribution is 2.20. The van der Waals surface area contributed by atoms with Gasteiger partial charge in [-0.05, 0) is 62.5 Å². The Bertz CT molecular complexity index is 432. The molecule has 1 heterocycles. The number of hydrogen-bond donors (Lipinski definition) is 2. The SMILES string of the molecule is O=C(CCSc1ccc(Cl)cc1)NCCC1CCCNC1. The Morgan fingerprint density at radius 1 is 1.38 bits per heavy atom. The third-order valence-corrected chi connectivity index (χ3v) is 4.95. The molecule has 0 radical (unpaired) electrons. The number of halogens is 1. The molecule has 1 aliphatic rings. The fraction of sp³-hybridized carbons (Fsp3) is 0.562. The smallest absolute Gasteiger partial charge is 0.220 e. The Kier molecular flexibility index (Phi) is 7.41. The first kappa shape index (κ1) is 16.7. The summed E-state index contributed by atoms with van der Waals surface area (Å²) in [5, 5.41) is 7.17. The summed E-state index contributed by atoms with van der Waals surface area (Å²) in [6.45, 7) is 3.05. The highest BCUT2D eigenvalue weighted by molar-refractivity contribution is 7.99. The Hall–Kier alpha value is -0.710. The van der Waals surface area contributed by atoms with E-state index in [1.165, 1.54) is 12.8 Å². The van der Waals surface area contributed by atoms with Gasteiger partial charge in [0, 0.05) is 28.6 Å². The lowest BCUT2D eigenvalue weighted by atomic mass is 9.96. The van der Waals surface area contributed by atoms with Gasteiger partial charge in [0.15, 0.2) is 0 Å². The second-order valence-electron chi connectivity index (χ2n) is 5.40. The third-order valence-electron chi connectivity index (χ3n) is 3.69. The molecule has 0 aromatic heterocycles. The first-order chi connectivity index (χ1) is 10.2. The zero-order valence-electron chi connectivity index (χ0n) is 12.2. The van der Waals surface area contributed by atoms with Gasteiger partial charge in [-0.15, -0.1) is 11.8 Å². The molecule has 1 atom stereocenters. The van der Waals surface area contributed by atoms with Crippen LogP contribution >= 0.6 is 23.4 Å². The summed E-state index contributed by atoms with van der Waals surface area (Å²) in [4.78, 5) is 12.9. The molecule has 1 aromatic carbocycles. The Balaban J connectivity index is 1.54. The fourth-order valence-corrected chi connectivity index (χ4v) is 3.44. The van der Waals surface area contributed by atoms with Crippen LogP contribution in [0.1, 0.15) is 25.7 Å². The minimum Gasteiger partial charge on any atom is -0.356 e. The summed E-state index contributed by atoms with van der Waals surface area (Å²) < 4.78 is 0. The molecule has 2 rings (SSSR count). The topological polar surface area (TPSA) is 41.1 Å². The van der Waals surface area contributed by atoms with E-state index < -0.39 is 0 Å². The quantitative estimate of drug-likeness (QED) is 0.755. The number of carbonyl (C=O) groups excluding carboxylic acids is 1. The van der Waals surface area contributed by atoms with Crippen LogP contribution in [0.5, 0.6) is 0 Å². The lowest BCUT2D eigenvalue weighted by Gasteiger charge is -2.22. The molecule has 0 saturated carbocycles. The summed E-state index contributed by atoms with van der Waals surface area (Å²) >= 11 is 7.53. The van der Waals surface area contributed by atoms with E-state index in [2.05, 4.69) is 10.6 Å². The standard InChI is InChI=1S/C16H23ClN2OS/c17-14-3-5-15(6-4-14)21-11-8-16(20)19-10-7-13-2-1-9-18-12-13/h3-6,13,18H,1-2,7-12H2,(H,19,20). The van der Waals surface area contributed by atoms with Gasteiger partial charge in [0.25, 0.3) is 0 Å². The van der Waals surface area contributed by atoms with Gasteiger partial charge >= 0.3 is 0 Å². The summed E-state index contributed by atoms with van der Waals surface area (Å²) in [5.74, 6) is 1.68. The maximum Gasteiger partial charge on any atom is 0.220 e. The molecule has 0 aliphatic carbocycles. The van der Waals surface area contributed by atoms with E-state index >= 15 is 0 Å². The lowest BCUT2D eigenvalue weighted by Crippen LogP contribution is -2.33. The largest absolute Gasteiger partial charge is 0.356 e. The van der Waals surface area contributed by atoms with E-state index in [1.807, 2.05) is 24.3 Å². The number of carbonyl (C=O) groups is 1. The second kappa shape index (κ2) is 9.34. The number of benzene rings is 1. The summed E-state index contributed by atoms with van der Waals surface area (Å²) in [6, 6.07) is 7.73. The van der Waals surface area contributed by atoms with Crippen molar-refractivity contribution in [2.24, 2.45) is 5.92 Å². The molecule has 2 N–H and O–H groups in total. The van der Waals surface area contributed by atoms with Crippen molar-refractivity contribution in [1.29, 1.82) is 0 Å². The molecule has 1 amide bonds. The highest BCUT2D eigenvalue weighted by atomic mass is 35.5. The van der Waals surface area contributed by atoms with Gasteiger partial charge in [-0.2, -0.15) is 0 Å². The van der Waals surface area contributed by atoms with Gasteiger partial charge in [0.2, 0.25) is 5.91 Å². The molecule has 0 bridgehead atoms. The fourth-order valence-electron chi connectivity index (χ4n) is 2.47. The third kappa shape index (κ3) is 6.72. The first-order valence-corrected chi connectivity index (χ1v) is 8.96. The molecule has 21 heavy (non-hydrogen) atoms. The number of piperidine rings is 1. The van der Waals surface area contributed by atoms with Crippen molar-refractivity contribution < 1.29 is 4.79 Å². The van der Waals surface area contributed by atoms with Gasteiger partial charge in [-0.1, -0.05) is 11.6 Å². The molecular formula is C16H23ClN2OS. The zero-order chi connectivity index (χ0) is 14.9. The van der Waals surface area contributed by atoms with Crippen LogP contribution in [0.25, 0.3) is 0 Å². The van der Waals surface area contributed by atoms with E-state index in [9.17, 15) is 4.79 Å². The molecule has 3 nitrogen and oxygen atoms in total. The molecular weight excluding hydrogens is 304 g/mol. The maximum absolute atomic E-state index is 11.8. The van der Waals surface area contributed by atoms with E-state index in [1.54, 1.807) is 11.8 Å². The molecule has 116 valence electrons. The van der Waals surface area contributed by atoms with E-state index in [0.717, 1.165) is 47.6 Å². The van der Waals surface area contributed by atoms with Gasteiger partial charge < -0.3 is 10.6 Å². The number of nitrogens with one attached hydrogen (secondary N) is 2. The van der Waals surface area contributed by atoms with Crippen LogP contribution in [-0.2, 0) is 4.79 Å². The average Bonchev–Trinajstić information content (AvgIpc) is 2.50. The molecule has 1 unspecified atom stereocenters. The van der Waals surface area contributed by atoms with Crippen LogP contribution in [0.4, 0.5) is 0 Å². The van der Waals surface area contributed by atoms with E-state index in [-0.39, 0.29) is 5.91 Å². The monoisotopic (exact) mass is 326 g/mol. The predicted octanol–water partition coefficient (Wildman–Crippen LogP) is 3.33. The highest BCUT2D eigenvalue weighted by Gasteiger charge is 2.12. The van der Waals surface area contributed by atoms with Gasteiger partial charge in [0.1, 0.15) is 0 Å². The normalized spacial score (nSPS) is 18.4. The Morgan fingerprint density at radius 3 is 2.90 bits per heavy atom.